The van der Waals surface area contributed by atoms with Gasteiger partial charge in [0, 0.05) is 36.2 Å². The van der Waals surface area contributed by atoms with Crippen molar-refractivity contribution < 1.29 is 23.9 Å². The first-order valence-electron chi connectivity index (χ1n) is 10.7. The molecule has 0 saturated heterocycles. The third kappa shape index (κ3) is 4.49. The lowest BCUT2D eigenvalue weighted by Crippen LogP contribution is -2.34. The monoisotopic (exact) mass is 431 g/mol. The molecule has 6 nitrogen and oxygen atoms in total. The van der Waals surface area contributed by atoms with Gasteiger partial charge >= 0.3 is 11.9 Å². The molecule has 0 spiro atoms. The van der Waals surface area contributed by atoms with Crippen molar-refractivity contribution >= 4 is 17.7 Å². The SMILES string of the molecule is CC(=O)Oc1ccc(C2C(C(=O)OCc3ccccc3)=C(C)NC3=C2C(=O)CCC3)cc1. The molecule has 1 N–H and O–H groups in total. The van der Waals surface area contributed by atoms with Crippen LogP contribution in [-0.2, 0) is 25.7 Å². The zero-order chi connectivity index (χ0) is 22.7. The Hall–Kier alpha value is -3.67. The molecule has 1 unspecified atom stereocenters. The normalized spacial score (nSPS) is 18.1. The lowest BCUT2D eigenvalue weighted by Gasteiger charge is -2.34. The number of ketones is 1. The molecule has 0 radical (unpaired) electrons. The van der Waals surface area contributed by atoms with Crippen molar-refractivity contribution in [1.29, 1.82) is 0 Å². The molecule has 0 aromatic heterocycles. The van der Waals surface area contributed by atoms with Gasteiger partial charge in [0.2, 0.25) is 0 Å². The highest BCUT2D eigenvalue weighted by Crippen LogP contribution is 2.42. The van der Waals surface area contributed by atoms with Crippen LogP contribution in [0.25, 0.3) is 0 Å². The molecule has 2 aromatic rings. The molecule has 0 bridgehead atoms. The minimum Gasteiger partial charge on any atom is -0.457 e. The summed E-state index contributed by atoms with van der Waals surface area (Å²) in [6, 6.07) is 16.4. The highest BCUT2D eigenvalue weighted by atomic mass is 16.5. The standard InChI is InChI=1S/C26H25NO5/c1-16-23(26(30)31-15-18-7-4-3-5-8-18)24(25-21(27-16)9-6-10-22(25)29)19-11-13-20(14-12-19)32-17(2)28/h3-5,7-8,11-14,24,27H,6,9-10,15H2,1-2H3. The molecule has 2 aromatic carbocycles. The van der Waals surface area contributed by atoms with Crippen molar-refractivity contribution in [3.8, 4) is 5.75 Å². The largest absolute Gasteiger partial charge is 0.457 e. The number of rotatable bonds is 5. The smallest absolute Gasteiger partial charge is 0.337 e. The summed E-state index contributed by atoms with van der Waals surface area (Å²) in [7, 11) is 0. The van der Waals surface area contributed by atoms with Gasteiger partial charge < -0.3 is 14.8 Å². The molecular formula is C26H25NO5. The summed E-state index contributed by atoms with van der Waals surface area (Å²) >= 11 is 0. The second kappa shape index (κ2) is 9.22. The first kappa shape index (κ1) is 21.6. The lowest BCUT2D eigenvalue weighted by molar-refractivity contribution is -0.140. The summed E-state index contributed by atoms with van der Waals surface area (Å²) in [5.41, 5.74) is 4.26. The summed E-state index contributed by atoms with van der Waals surface area (Å²) in [5, 5.41) is 3.28. The molecule has 1 aliphatic heterocycles. The van der Waals surface area contributed by atoms with Crippen LogP contribution < -0.4 is 10.1 Å². The molecule has 1 heterocycles. The molecule has 1 atom stereocenters. The number of allylic oxidation sites excluding steroid dienone is 3. The maximum Gasteiger partial charge on any atom is 0.337 e. The third-order valence-electron chi connectivity index (χ3n) is 5.68. The van der Waals surface area contributed by atoms with Crippen LogP contribution in [0.5, 0.6) is 5.75 Å². The summed E-state index contributed by atoms with van der Waals surface area (Å²) in [4.78, 5) is 37.4. The van der Waals surface area contributed by atoms with Crippen LogP contribution in [0.4, 0.5) is 0 Å². The number of dihydropyridines is 1. The van der Waals surface area contributed by atoms with Crippen LogP contribution in [0, 0.1) is 0 Å². The number of hydrogen-bond acceptors (Lipinski definition) is 6. The second-order valence-electron chi connectivity index (χ2n) is 7.99. The van der Waals surface area contributed by atoms with E-state index in [2.05, 4.69) is 5.32 Å². The minimum atomic E-state index is -0.534. The van der Waals surface area contributed by atoms with Crippen molar-refractivity contribution in [2.45, 2.75) is 45.6 Å². The quantitative estimate of drug-likeness (QED) is 0.561. The Morgan fingerprint density at radius 2 is 1.75 bits per heavy atom. The average Bonchev–Trinajstić information content (AvgIpc) is 2.77. The second-order valence-corrected chi connectivity index (χ2v) is 7.99. The maximum absolute atomic E-state index is 13.2. The van der Waals surface area contributed by atoms with Crippen molar-refractivity contribution in [2.75, 3.05) is 0 Å². The molecule has 164 valence electrons. The minimum absolute atomic E-state index is 0.0358. The molecular weight excluding hydrogens is 406 g/mol. The fourth-order valence-electron chi connectivity index (χ4n) is 4.28. The van der Waals surface area contributed by atoms with Gasteiger partial charge in [-0.2, -0.15) is 0 Å². The average molecular weight is 431 g/mol. The van der Waals surface area contributed by atoms with E-state index in [4.69, 9.17) is 9.47 Å². The number of nitrogens with one attached hydrogen (secondary N) is 1. The van der Waals surface area contributed by atoms with Gasteiger partial charge in [0.15, 0.2) is 5.78 Å². The molecule has 32 heavy (non-hydrogen) atoms. The first-order valence-corrected chi connectivity index (χ1v) is 10.7. The van der Waals surface area contributed by atoms with Gasteiger partial charge in [-0.1, -0.05) is 42.5 Å². The van der Waals surface area contributed by atoms with E-state index in [1.807, 2.05) is 37.3 Å². The molecule has 1 aliphatic carbocycles. The number of hydrogen-bond donors (Lipinski definition) is 1. The van der Waals surface area contributed by atoms with Crippen LogP contribution >= 0.6 is 0 Å². The number of carbonyl (C=O) groups is 3. The Kier molecular flexibility index (Phi) is 6.21. The summed E-state index contributed by atoms with van der Waals surface area (Å²) in [5.74, 6) is -0.957. The van der Waals surface area contributed by atoms with E-state index in [1.165, 1.54) is 6.92 Å². The van der Waals surface area contributed by atoms with E-state index < -0.39 is 17.9 Å². The Morgan fingerprint density at radius 1 is 1.03 bits per heavy atom. The van der Waals surface area contributed by atoms with Gasteiger partial charge in [0.25, 0.3) is 0 Å². The number of benzene rings is 2. The first-order chi connectivity index (χ1) is 15.4. The van der Waals surface area contributed by atoms with Crippen molar-refractivity contribution in [3.63, 3.8) is 0 Å². The molecule has 0 saturated carbocycles. The summed E-state index contributed by atoms with van der Waals surface area (Å²) in [6.07, 6.45) is 1.99. The van der Waals surface area contributed by atoms with E-state index in [0.29, 0.717) is 29.0 Å². The summed E-state index contributed by atoms with van der Waals surface area (Å²) < 4.78 is 10.8. The molecule has 0 amide bonds. The molecule has 4 rings (SSSR count). The van der Waals surface area contributed by atoms with Crippen LogP contribution in [-0.4, -0.2) is 17.7 Å². The van der Waals surface area contributed by atoms with E-state index in [1.54, 1.807) is 24.3 Å². The van der Waals surface area contributed by atoms with Gasteiger partial charge in [0.05, 0.1) is 5.57 Å². The van der Waals surface area contributed by atoms with Crippen LogP contribution in [0.2, 0.25) is 0 Å². The maximum atomic E-state index is 13.2. The number of ether oxygens (including phenoxy) is 2. The van der Waals surface area contributed by atoms with Gasteiger partial charge in [-0.15, -0.1) is 0 Å². The van der Waals surface area contributed by atoms with Gasteiger partial charge in [0.1, 0.15) is 12.4 Å². The highest BCUT2D eigenvalue weighted by Gasteiger charge is 2.39. The number of esters is 2. The predicted octanol–water partition coefficient (Wildman–Crippen LogP) is 4.32. The predicted molar refractivity (Wildman–Crippen MR) is 118 cm³/mol. The van der Waals surface area contributed by atoms with Crippen LogP contribution in [0.3, 0.4) is 0 Å². The molecule has 6 heteroatoms. The van der Waals surface area contributed by atoms with Crippen LogP contribution in [0.1, 0.15) is 50.2 Å². The highest BCUT2D eigenvalue weighted by molar-refractivity contribution is 6.03. The van der Waals surface area contributed by atoms with Crippen molar-refractivity contribution in [2.24, 2.45) is 0 Å². The number of carbonyl (C=O) groups excluding carboxylic acids is 3. The van der Waals surface area contributed by atoms with Gasteiger partial charge in [-0.25, -0.2) is 4.79 Å². The third-order valence-corrected chi connectivity index (χ3v) is 5.68. The van der Waals surface area contributed by atoms with E-state index >= 15 is 0 Å². The van der Waals surface area contributed by atoms with E-state index in [9.17, 15) is 14.4 Å². The Morgan fingerprint density at radius 3 is 2.44 bits per heavy atom. The Balaban J connectivity index is 1.69. The number of Topliss-reactive ketones (excluding diaryl/α,β-unsaturated/α-hetero) is 1. The Labute approximate surface area is 186 Å². The van der Waals surface area contributed by atoms with Crippen LogP contribution in [0.15, 0.2) is 77.1 Å². The zero-order valence-corrected chi connectivity index (χ0v) is 18.1. The van der Waals surface area contributed by atoms with Crippen molar-refractivity contribution in [1.82, 2.24) is 5.32 Å². The lowest BCUT2D eigenvalue weighted by atomic mass is 9.75. The topological polar surface area (TPSA) is 81.7 Å². The summed E-state index contributed by atoms with van der Waals surface area (Å²) in [6.45, 7) is 3.32. The Bertz CT molecular complexity index is 1110. The van der Waals surface area contributed by atoms with Crippen molar-refractivity contribution in [3.05, 3.63) is 88.3 Å². The van der Waals surface area contributed by atoms with Gasteiger partial charge in [-0.3, -0.25) is 9.59 Å². The zero-order valence-electron chi connectivity index (χ0n) is 18.1. The van der Waals surface area contributed by atoms with E-state index in [-0.39, 0.29) is 12.4 Å². The van der Waals surface area contributed by atoms with E-state index in [0.717, 1.165) is 29.7 Å². The molecule has 2 aliphatic rings. The molecule has 0 fully saturated rings. The fraction of sp³-hybridized carbons (Fsp3) is 0.269. The van der Waals surface area contributed by atoms with Gasteiger partial charge in [-0.05, 0) is 43.0 Å². The fourth-order valence-corrected chi connectivity index (χ4v) is 4.28.